The molecule has 140 valence electrons. The molecule has 6 heteroatoms. The third-order valence-corrected chi connectivity index (χ3v) is 4.83. The second kappa shape index (κ2) is 7.97. The van der Waals surface area contributed by atoms with E-state index < -0.39 is 13.9 Å². The van der Waals surface area contributed by atoms with Crippen molar-refractivity contribution in [1.29, 1.82) is 0 Å². The first-order valence-corrected chi connectivity index (χ1v) is 9.95. The van der Waals surface area contributed by atoms with Crippen LogP contribution in [0.3, 0.4) is 0 Å². The number of hydrogen-bond acceptors (Lipinski definition) is 4. The molecular weight excluding hydrogens is 363 g/mol. The minimum absolute atomic E-state index is 0.175. The molecule has 5 nitrogen and oxygen atoms in total. The maximum absolute atomic E-state index is 12.3. The Labute approximate surface area is 158 Å². The van der Waals surface area contributed by atoms with E-state index in [0.717, 1.165) is 16.7 Å². The van der Waals surface area contributed by atoms with Crippen LogP contribution in [0.2, 0.25) is 0 Å². The molecule has 0 saturated carbocycles. The topological polar surface area (TPSA) is 76.0 Å². The number of aryl methyl sites for hydroxylation is 2. The molecule has 0 aliphatic carbocycles. The summed E-state index contributed by atoms with van der Waals surface area (Å²) < 4.78 is 22.6. The van der Waals surface area contributed by atoms with E-state index in [1.165, 1.54) is 12.1 Å². The lowest BCUT2D eigenvalue weighted by atomic mass is 10.0. The highest BCUT2D eigenvalue weighted by molar-refractivity contribution is 7.48. The van der Waals surface area contributed by atoms with Crippen molar-refractivity contribution in [3.05, 3.63) is 95.1 Å². The van der Waals surface area contributed by atoms with E-state index in [4.69, 9.17) is 9.05 Å². The van der Waals surface area contributed by atoms with Gasteiger partial charge in [0.25, 0.3) is 0 Å². The quantitative estimate of drug-likeness (QED) is 0.589. The van der Waals surface area contributed by atoms with Crippen molar-refractivity contribution in [2.24, 2.45) is 0 Å². The van der Waals surface area contributed by atoms with E-state index in [1.54, 1.807) is 24.3 Å². The van der Waals surface area contributed by atoms with Crippen LogP contribution < -0.4 is 9.05 Å². The van der Waals surface area contributed by atoms with Crippen LogP contribution in [0.15, 0.2) is 72.8 Å². The Kier molecular flexibility index (Phi) is 5.66. The number of aliphatic hydroxyl groups excluding tert-OH is 1. The molecule has 3 aromatic rings. The molecular formula is C21H21O5P. The van der Waals surface area contributed by atoms with E-state index in [-0.39, 0.29) is 11.5 Å². The Morgan fingerprint density at radius 1 is 0.778 bits per heavy atom. The van der Waals surface area contributed by atoms with Crippen molar-refractivity contribution in [2.75, 3.05) is 0 Å². The van der Waals surface area contributed by atoms with Crippen molar-refractivity contribution in [1.82, 2.24) is 0 Å². The van der Waals surface area contributed by atoms with Gasteiger partial charge < -0.3 is 14.2 Å². The number of aliphatic hydroxyl groups is 1. The Morgan fingerprint density at radius 2 is 1.30 bits per heavy atom. The fourth-order valence-corrected chi connectivity index (χ4v) is 3.61. The molecule has 3 rings (SSSR count). The summed E-state index contributed by atoms with van der Waals surface area (Å²) >= 11 is 0. The highest BCUT2D eigenvalue weighted by Crippen LogP contribution is 2.44. The van der Waals surface area contributed by atoms with E-state index in [1.807, 2.05) is 50.2 Å². The lowest BCUT2D eigenvalue weighted by molar-refractivity contribution is 0.220. The van der Waals surface area contributed by atoms with Crippen molar-refractivity contribution >= 4 is 7.82 Å². The molecule has 0 heterocycles. The van der Waals surface area contributed by atoms with E-state index in [9.17, 15) is 14.6 Å². The number of benzene rings is 3. The number of phosphoric acid groups is 1. The summed E-state index contributed by atoms with van der Waals surface area (Å²) in [6.45, 7) is 3.75. The summed E-state index contributed by atoms with van der Waals surface area (Å²) in [5.41, 5.74) is 3.25. The van der Waals surface area contributed by atoms with E-state index in [2.05, 4.69) is 0 Å². The molecule has 0 radical (unpaired) electrons. The normalized spacial score (nSPS) is 14.2. The van der Waals surface area contributed by atoms with Gasteiger partial charge in [-0.3, -0.25) is 4.89 Å². The van der Waals surface area contributed by atoms with Crippen LogP contribution in [0.4, 0.5) is 0 Å². The zero-order chi connectivity index (χ0) is 19.4. The fraction of sp³-hybridized carbons (Fsp3) is 0.143. The number of hydrogen-bond donors (Lipinski definition) is 2. The monoisotopic (exact) mass is 384 g/mol. The average molecular weight is 384 g/mol. The second-order valence-corrected chi connectivity index (χ2v) is 7.66. The third kappa shape index (κ3) is 5.20. The minimum atomic E-state index is -4.34. The minimum Gasteiger partial charge on any atom is -0.395 e. The highest BCUT2D eigenvalue weighted by atomic mass is 31.2. The highest BCUT2D eigenvalue weighted by Gasteiger charge is 2.25. The number of rotatable bonds is 6. The Balaban J connectivity index is 1.70. The molecule has 2 atom stereocenters. The second-order valence-electron chi connectivity index (χ2n) is 6.36. The largest absolute Gasteiger partial charge is 0.584 e. The molecule has 0 fully saturated rings. The van der Waals surface area contributed by atoms with Crippen molar-refractivity contribution in [3.63, 3.8) is 0 Å². The van der Waals surface area contributed by atoms with Crippen LogP contribution in [-0.2, 0) is 4.57 Å². The summed E-state index contributed by atoms with van der Waals surface area (Å²) in [6.07, 6.45) is -0.785. The van der Waals surface area contributed by atoms with Gasteiger partial charge in [-0.05, 0) is 60.4 Å². The van der Waals surface area contributed by atoms with Crippen LogP contribution in [-0.4, -0.2) is 10.00 Å². The lowest BCUT2D eigenvalue weighted by Gasteiger charge is -2.16. The van der Waals surface area contributed by atoms with Gasteiger partial charge in [-0.1, -0.05) is 48.5 Å². The van der Waals surface area contributed by atoms with Gasteiger partial charge in [0.15, 0.2) is 0 Å². The molecule has 0 amide bonds. The average Bonchev–Trinajstić information content (AvgIpc) is 2.61. The van der Waals surface area contributed by atoms with Crippen LogP contribution in [0, 0.1) is 13.8 Å². The Hall–Kier alpha value is -2.59. The molecule has 27 heavy (non-hydrogen) atoms. The van der Waals surface area contributed by atoms with Gasteiger partial charge in [0.2, 0.25) is 0 Å². The van der Waals surface area contributed by atoms with E-state index in [0.29, 0.717) is 5.56 Å². The molecule has 0 bridgehead atoms. The van der Waals surface area contributed by atoms with Gasteiger partial charge in [0.05, 0.1) is 0 Å². The van der Waals surface area contributed by atoms with E-state index >= 15 is 0 Å². The van der Waals surface area contributed by atoms with Gasteiger partial charge in [-0.15, -0.1) is 0 Å². The van der Waals surface area contributed by atoms with Gasteiger partial charge >= 0.3 is 7.82 Å². The maximum atomic E-state index is 12.3. The first-order valence-electron chi connectivity index (χ1n) is 8.46. The first kappa shape index (κ1) is 19.2. The zero-order valence-electron chi connectivity index (χ0n) is 15.1. The Morgan fingerprint density at radius 3 is 1.89 bits per heavy atom. The summed E-state index contributed by atoms with van der Waals surface area (Å²) in [5.74, 6) is 0.448. The fourth-order valence-electron chi connectivity index (χ4n) is 2.81. The van der Waals surface area contributed by atoms with Crippen LogP contribution in [0.1, 0.15) is 28.4 Å². The zero-order valence-corrected chi connectivity index (χ0v) is 16.0. The standard InChI is InChI=1S/C21H21O5P/c1-15-12-16(2)14-20(13-15)26-27(23,24)25-19-10-8-18(9-11-19)21(22)17-6-4-3-5-7-17/h3-14,21-22H,1-2H3,(H,23,24). The molecule has 2 unspecified atom stereocenters. The predicted octanol–water partition coefficient (Wildman–Crippen LogP) is 4.94. The molecule has 0 aliphatic rings. The predicted molar refractivity (Wildman–Crippen MR) is 104 cm³/mol. The maximum Gasteiger partial charge on any atom is 0.584 e. The van der Waals surface area contributed by atoms with Crippen molar-refractivity contribution in [3.8, 4) is 11.5 Å². The molecule has 0 aromatic heterocycles. The summed E-state index contributed by atoms with van der Waals surface area (Å²) in [7, 11) is -4.34. The molecule has 3 aromatic carbocycles. The molecule has 0 aliphatic heterocycles. The SMILES string of the molecule is Cc1cc(C)cc(OP(=O)(O)Oc2ccc(C(O)c3ccccc3)cc2)c1. The molecule has 2 N–H and O–H groups in total. The van der Waals surface area contributed by atoms with Crippen LogP contribution in [0.25, 0.3) is 0 Å². The molecule has 0 spiro atoms. The Bertz CT molecular complexity index is 934. The smallest absolute Gasteiger partial charge is 0.395 e. The van der Waals surface area contributed by atoms with Crippen molar-refractivity contribution < 1.29 is 23.6 Å². The van der Waals surface area contributed by atoms with Crippen molar-refractivity contribution in [2.45, 2.75) is 20.0 Å². The van der Waals surface area contributed by atoms with Gasteiger partial charge in [0, 0.05) is 0 Å². The summed E-state index contributed by atoms with van der Waals surface area (Å²) in [5, 5.41) is 10.4. The summed E-state index contributed by atoms with van der Waals surface area (Å²) in [4.78, 5) is 10.0. The number of phosphoric ester groups is 1. The van der Waals surface area contributed by atoms with Gasteiger partial charge in [-0.2, -0.15) is 0 Å². The third-order valence-electron chi connectivity index (χ3n) is 3.95. The lowest BCUT2D eigenvalue weighted by Crippen LogP contribution is -2.02. The van der Waals surface area contributed by atoms with Crippen LogP contribution in [0.5, 0.6) is 11.5 Å². The molecule has 0 saturated heterocycles. The first-order chi connectivity index (χ1) is 12.8. The van der Waals surface area contributed by atoms with Gasteiger partial charge in [-0.25, -0.2) is 4.57 Å². The van der Waals surface area contributed by atoms with Crippen LogP contribution >= 0.6 is 7.82 Å². The van der Waals surface area contributed by atoms with Gasteiger partial charge in [0.1, 0.15) is 17.6 Å². The summed E-state index contributed by atoms with van der Waals surface area (Å²) in [6, 6.07) is 20.8.